The van der Waals surface area contributed by atoms with Crippen molar-refractivity contribution in [1.82, 2.24) is 10.3 Å². The van der Waals surface area contributed by atoms with Gasteiger partial charge in [0.2, 0.25) is 5.95 Å². The maximum absolute atomic E-state index is 13.2. The van der Waals surface area contributed by atoms with Gasteiger partial charge in [-0.25, -0.2) is 4.98 Å². The van der Waals surface area contributed by atoms with Gasteiger partial charge in [-0.1, -0.05) is 43.2 Å². The fraction of sp³-hybridized carbons (Fsp3) is 0.368. The van der Waals surface area contributed by atoms with Crippen molar-refractivity contribution >= 4 is 5.91 Å². The number of nitrogens with one attached hydrogen (secondary N) is 1. The van der Waals surface area contributed by atoms with Crippen molar-refractivity contribution in [2.45, 2.75) is 38.1 Å². The monoisotopic (exact) mass is 312 g/mol. The largest absolute Gasteiger partial charge is 0.349 e. The molecule has 1 heterocycles. The first-order valence-corrected chi connectivity index (χ1v) is 8.19. The van der Waals surface area contributed by atoms with Crippen LogP contribution in [0.2, 0.25) is 0 Å². The number of hydrogen-bond donors (Lipinski definition) is 1. The molecule has 3 nitrogen and oxygen atoms in total. The Labute approximate surface area is 135 Å². The Hall–Kier alpha value is -2.23. The van der Waals surface area contributed by atoms with Gasteiger partial charge in [0, 0.05) is 23.9 Å². The fourth-order valence-corrected chi connectivity index (χ4v) is 3.35. The summed E-state index contributed by atoms with van der Waals surface area (Å²) in [6.07, 6.45) is 6.72. The number of pyridine rings is 1. The number of hydrogen-bond acceptors (Lipinski definition) is 2. The van der Waals surface area contributed by atoms with Crippen LogP contribution in [0.1, 0.15) is 41.6 Å². The van der Waals surface area contributed by atoms with E-state index in [-0.39, 0.29) is 11.9 Å². The number of carbonyl (C=O) groups excluding carboxylic acids is 1. The lowest BCUT2D eigenvalue weighted by molar-refractivity contribution is 0.0905. The molecule has 3 rings (SSSR count). The van der Waals surface area contributed by atoms with E-state index < -0.39 is 5.95 Å². The molecule has 2 atom stereocenters. The Kier molecular flexibility index (Phi) is 5.01. The highest BCUT2D eigenvalue weighted by Crippen LogP contribution is 2.28. The number of halogens is 1. The third kappa shape index (κ3) is 4.15. The van der Waals surface area contributed by atoms with E-state index in [1.165, 1.54) is 24.2 Å². The molecule has 1 aromatic heterocycles. The zero-order chi connectivity index (χ0) is 16.1. The number of benzene rings is 1. The summed E-state index contributed by atoms with van der Waals surface area (Å²) in [5, 5.41) is 3.10. The number of carbonyl (C=O) groups is 1. The van der Waals surface area contributed by atoms with E-state index in [2.05, 4.69) is 22.4 Å². The van der Waals surface area contributed by atoms with Crippen LogP contribution in [-0.2, 0) is 6.42 Å². The van der Waals surface area contributed by atoms with E-state index in [1.807, 2.05) is 18.2 Å². The SMILES string of the molecule is O=C(NC1CCCCC1Cc1ccccc1)c1ccnc(F)c1. The first-order chi connectivity index (χ1) is 11.2. The smallest absolute Gasteiger partial charge is 0.251 e. The van der Waals surface area contributed by atoms with Crippen LogP contribution < -0.4 is 5.32 Å². The van der Waals surface area contributed by atoms with Crippen molar-refractivity contribution in [1.29, 1.82) is 0 Å². The highest BCUT2D eigenvalue weighted by Gasteiger charge is 2.27. The summed E-state index contributed by atoms with van der Waals surface area (Å²) in [5.74, 6) is -0.403. The molecule has 1 fully saturated rings. The molecular formula is C19H21FN2O. The second-order valence-corrected chi connectivity index (χ2v) is 6.18. The minimum atomic E-state index is -0.623. The molecule has 0 spiro atoms. The van der Waals surface area contributed by atoms with Crippen LogP contribution >= 0.6 is 0 Å². The summed E-state index contributed by atoms with van der Waals surface area (Å²) < 4.78 is 13.2. The normalized spacial score (nSPS) is 20.9. The maximum atomic E-state index is 13.2. The van der Waals surface area contributed by atoms with Gasteiger partial charge in [-0.2, -0.15) is 4.39 Å². The van der Waals surface area contributed by atoms with E-state index in [0.717, 1.165) is 25.7 Å². The Bertz CT molecular complexity index is 659. The highest BCUT2D eigenvalue weighted by molar-refractivity contribution is 5.94. The lowest BCUT2D eigenvalue weighted by atomic mass is 9.80. The summed E-state index contributed by atoms with van der Waals surface area (Å²) in [6.45, 7) is 0. The zero-order valence-electron chi connectivity index (χ0n) is 13.0. The minimum Gasteiger partial charge on any atom is -0.349 e. The van der Waals surface area contributed by atoms with Crippen molar-refractivity contribution in [3.63, 3.8) is 0 Å². The molecule has 1 aliphatic carbocycles. The van der Waals surface area contributed by atoms with E-state index in [1.54, 1.807) is 6.07 Å². The van der Waals surface area contributed by atoms with Gasteiger partial charge in [-0.3, -0.25) is 4.79 Å². The Morgan fingerprint density at radius 2 is 1.96 bits per heavy atom. The number of amides is 1. The standard InChI is InChI=1S/C19H21FN2O/c20-18-13-16(10-11-21-18)19(23)22-17-9-5-4-8-15(17)12-14-6-2-1-3-7-14/h1-3,6-7,10-11,13,15,17H,4-5,8-9,12H2,(H,22,23). The van der Waals surface area contributed by atoms with Crippen LogP contribution in [0.3, 0.4) is 0 Å². The minimum absolute atomic E-state index is 0.146. The summed E-state index contributed by atoms with van der Waals surface area (Å²) in [4.78, 5) is 15.9. The quantitative estimate of drug-likeness (QED) is 0.874. The third-order valence-corrected chi connectivity index (χ3v) is 4.56. The van der Waals surface area contributed by atoms with Gasteiger partial charge < -0.3 is 5.32 Å². The van der Waals surface area contributed by atoms with E-state index in [0.29, 0.717) is 11.5 Å². The molecule has 4 heteroatoms. The third-order valence-electron chi connectivity index (χ3n) is 4.56. The molecule has 1 saturated carbocycles. The Morgan fingerprint density at radius 3 is 2.74 bits per heavy atom. The van der Waals surface area contributed by atoms with Crippen molar-refractivity contribution in [3.05, 3.63) is 65.7 Å². The molecule has 0 saturated heterocycles. The van der Waals surface area contributed by atoms with Gasteiger partial charge in [0.25, 0.3) is 5.91 Å². The molecular weight excluding hydrogens is 291 g/mol. The predicted molar refractivity (Wildman–Crippen MR) is 87.6 cm³/mol. The van der Waals surface area contributed by atoms with Crippen LogP contribution in [0.4, 0.5) is 4.39 Å². The lowest BCUT2D eigenvalue weighted by Gasteiger charge is -2.32. The van der Waals surface area contributed by atoms with Gasteiger partial charge in [0.15, 0.2) is 0 Å². The molecule has 120 valence electrons. The molecule has 0 radical (unpaired) electrons. The Balaban J connectivity index is 1.68. The van der Waals surface area contributed by atoms with Crippen LogP contribution in [0.5, 0.6) is 0 Å². The molecule has 0 bridgehead atoms. The van der Waals surface area contributed by atoms with E-state index >= 15 is 0 Å². The second-order valence-electron chi connectivity index (χ2n) is 6.18. The molecule has 2 unspecified atom stereocenters. The number of nitrogens with zero attached hydrogens (tertiary/aromatic N) is 1. The molecule has 0 aliphatic heterocycles. The summed E-state index contributed by atoms with van der Waals surface area (Å²) in [5.41, 5.74) is 1.63. The molecule has 23 heavy (non-hydrogen) atoms. The van der Waals surface area contributed by atoms with Crippen molar-refractivity contribution < 1.29 is 9.18 Å². The first-order valence-electron chi connectivity index (χ1n) is 8.19. The Morgan fingerprint density at radius 1 is 1.17 bits per heavy atom. The number of aromatic nitrogens is 1. The van der Waals surface area contributed by atoms with E-state index in [4.69, 9.17) is 0 Å². The zero-order valence-corrected chi connectivity index (χ0v) is 13.0. The van der Waals surface area contributed by atoms with Gasteiger partial charge in [-0.15, -0.1) is 0 Å². The summed E-state index contributed by atoms with van der Waals surface area (Å²) in [7, 11) is 0. The highest BCUT2D eigenvalue weighted by atomic mass is 19.1. The van der Waals surface area contributed by atoms with Crippen molar-refractivity contribution in [3.8, 4) is 0 Å². The number of rotatable bonds is 4. The maximum Gasteiger partial charge on any atom is 0.251 e. The molecule has 1 N–H and O–H groups in total. The lowest BCUT2D eigenvalue weighted by Crippen LogP contribution is -2.43. The average molecular weight is 312 g/mol. The molecule has 2 aromatic rings. The molecule has 1 amide bonds. The van der Waals surface area contributed by atoms with Crippen LogP contribution in [0, 0.1) is 11.9 Å². The topological polar surface area (TPSA) is 42.0 Å². The molecule has 1 aromatic carbocycles. The fourth-order valence-electron chi connectivity index (χ4n) is 3.35. The second kappa shape index (κ2) is 7.36. The predicted octanol–water partition coefficient (Wildman–Crippen LogP) is 3.75. The van der Waals surface area contributed by atoms with Gasteiger partial charge in [0.1, 0.15) is 0 Å². The first kappa shape index (κ1) is 15.7. The van der Waals surface area contributed by atoms with Crippen LogP contribution in [0.25, 0.3) is 0 Å². The van der Waals surface area contributed by atoms with Crippen molar-refractivity contribution in [2.75, 3.05) is 0 Å². The van der Waals surface area contributed by atoms with Crippen LogP contribution in [0.15, 0.2) is 48.7 Å². The van der Waals surface area contributed by atoms with Gasteiger partial charge >= 0.3 is 0 Å². The van der Waals surface area contributed by atoms with Gasteiger partial charge in [0.05, 0.1) is 0 Å². The van der Waals surface area contributed by atoms with E-state index in [9.17, 15) is 9.18 Å². The molecule has 1 aliphatic rings. The summed E-state index contributed by atoms with van der Waals surface area (Å²) >= 11 is 0. The average Bonchev–Trinajstić information content (AvgIpc) is 2.57. The van der Waals surface area contributed by atoms with Crippen LogP contribution in [-0.4, -0.2) is 16.9 Å². The van der Waals surface area contributed by atoms with Crippen molar-refractivity contribution in [2.24, 2.45) is 5.92 Å². The van der Waals surface area contributed by atoms with Gasteiger partial charge in [-0.05, 0) is 36.8 Å². The summed E-state index contributed by atoms with van der Waals surface area (Å²) in [6, 6.07) is 13.3.